The van der Waals surface area contributed by atoms with Gasteiger partial charge in [-0.1, -0.05) is 0 Å². The minimum absolute atomic E-state index is 0.0884. The minimum Gasteiger partial charge on any atom is -0.375 e. The van der Waals surface area contributed by atoms with Gasteiger partial charge >= 0.3 is 0 Å². The van der Waals surface area contributed by atoms with Crippen molar-refractivity contribution in [3.63, 3.8) is 0 Å². The summed E-state index contributed by atoms with van der Waals surface area (Å²) >= 11 is 1.74. The van der Waals surface area contributed by atoms with Crippen molar-refractivity contribution >= 4 is 17.2 Å². The van der Waals surface area contributed by atoms with Gasteiger partial charge in [0, 0.05) is 37.2 Å². The van der Waals surface area contributed by atoms with Gasteiger partial charge in [0.1, 0.15) is 6.61 Å². The molecule has 1 saturated heterocycles. The number of aromatic nitrogens is 1. The number of carbonyl (C=O) groups is 1. The molecule has 1 fully saturated rings. The monoisotopic (exact) mass is 254 g/mol. The Morgan fingerprint density at radius 1 is 1.71 bits per heavy atom. The van der Waals surface area contributed by atoms with E-state index in [4.69, 9.17) is 4.74 Å². The number of thiazole rings is 1. The molecule has 1 atom stereocenters. The number of nitrogens with zero attached hydrogens (tertiary/aromatic N) is 2. The highest BCUT2D eigenvalue weighted by molar-refractivity contribution is 7.11. The zero-order valence-corrected chi connectivity index (χ0v) is 11.1. The molecule has 0 saturated carbocycles. The summed E-state index contributed by atoms with van der Waals surface area (Å²) in [7, 11) is 1.56. The molecule has 94 valence electrons. The van der Waals surface area contributed by atoms with Crippen LogP contribution in [0.25, 0.3) is 0 Å². The van der Waals surface area contributed by atoms with Crippen LogP contribution in [0.2, 0.25) is 0 Å². The van der Waals surface area contributed by atoms with Gasteiger partial charge in [-0.3, -0.25) is 4.79 Å². The van der Waals surface area contributed by atoms with Crippen molar-refractivity contribution in [2.24, 2.45) is 0 Å². The molecule has 2 heterocycles. The molecule has 1 aromatic heterocycles. The highest BCUT2D eigenvalue weighted by Gasteiger charge is 2.26. The summed E-state index contributed by atoms with van der Waals surface area (Å²) in [4.78, 5) is 19.3. The fraction of sp³-hybridized carbons (Fsp3) is 0.667. The van der Waals surface area contributed by atoms with Gasteiger partial charge in [0.2, 0.25) is 5.91 Å². The quantitative estimate of drug-likeness (QED) is 0.826. The lowest BCUT2D eigenvalue weighted by Crippen LogP contribution is -2.40. The number of hydrogen-bond acceptors (Lipinski definition) is 4. The molecule has 1 aliphatic rings. The third-order valence-electron chi connectivity index (χ3n) is 3.03. The first-order valence-electron chi connectivity index (χ1n) is 5.89. The molecule has 5 heteroatoms. The van der Waals surface area contributed by atoms with Crippen LogP contribution in [0.1, 0.15) is 28.6 Å². The number of hydrogen-bond donors (Lipinski definition) is 0. The van der Waals surface area contributed by atoms with Gasteiger partial charge in [-0.2, -0.15) is 0 Å². The predicted octanol–water partition coefficient (Wildman–Crippen LogP) is 1.80. The van der Waals surface area contributed by atoms with Crippen LogP contribution >= 0.6 is 11.3 Å². The number of amides is 1. The van der Waals surface area contributed by atoms with Crippen molar-refractivity contribution in [2.75, 3.05) is 26.8 Å². The molecule has 1 amide bonds. The summed E-state index contributed by atoms with van der Waals surface area (Å²) in [5.41, 5.74) is 0. The maximum Gasteiger partial charge on any atom is 0.248 e. The molecule has 1 unspecified atom stereocenters. The lowest BCUT2D eigenvalue weighted by atomic mass is 9.99. The second kappa shape index (κ2) is 5.60. The summed E-state index contributed by atoms with van der Waals surface area (Å²) in [6.45, 7) is 3.89. The second-order valence-corrected chi connectivity index (χ2v) is 5.69. The number of rotatable bonds is 3. The van der Waals surface area contributed by atoms with E-state index < -0.39 is 0 Å². The first kappa shape index (κ1) is 12.5. The summed E-state index contributed by atoms with van der Waals surface area (Å²) in [6.07, 6.45) is 4.10. The molecular formula is C12H18N2O2S. The molecule has 0 bridgehead atoms. The molecule has 17 heavy (non-hydrogen) atoms. The van der Waals surface area contributed by atoms with Gasteiger partial charge in [0.15, 0.2) is 0 Å². The number of ether oxygens (including phenoxy) is 1. The van der Waals surface area contributed by atoms with E-state index in [0.29, 0.717) is 5.92 Å². The Bertz CT molecular complexity index is 392. The van der Waals surface area contributed by atoms with Crippen molar-refractivity contribution in [3.8, 4) is 0 Å². The van der Waals surface area contributed by atoms with Crippen LogP contribution in [0.3, 0.4) is 0 Å². The molecule has 0 aliphatic carbocycles. The van der Waals surface area contributed by atoms with E-state index >= 15 is 0 Å². The number of methoxy groups -OCH3 is 1. The smallest absolute Gasteiger partial charge is 0.248 e. The van der Waals surface area contributed by atoms with E-state index in [2.05, 4.69) is 11.9 Å². The van der Waals surface area contributed by atoms with Gasteiger partial charge in [0.05, 0.1) is 5.01 Å². The summed E-state index contributed by atoms with van der Waals surface area (Å²) in [5, 5.41) is 1.16. The molecule has 1 aliphatic heterocycles. The number of likely N-dealkylation sites (tertiary alicyclic amines) is 1. The lowest BCUT2D eigenvalue weighted by molar-refractivity contribution is -0.136. The van der Waals surface area contributed by atoms with Crippen LogP contribution in [0.4, 0.5) is 0 Å². The fourth-order valence-electron chi connectivity index (χ4n) is 2.18. The van der Waals surface area contributed by atoms with E-state index in [0.717, 1.165) is 30.9 Å². The Hall–Kier alpha value is -0.940. The third kappa shape index (κ3) is 3.04. The van der Waals surface area contributed by atoms with Crippen molar-refractivity contribution in [2.45, 2.75) is 25.7 Å². The van der Waals surface area contributed by atoms with Gasteiger partial charge < -0.3 is 9.64 Å². The maximum atomic E-state index is 11.8. The summed E-state index contributed by atoms with van der Waals surface area (Å²) < 4.78 is 4.90. The van der Waals surface area contributed by atoms with E-state index in [1.54, 1.807) is 18.4 Å². The van der Waals surface area contributed by atoms with Gasteiger partial charge in [0.25, 0.3) is 0 Å². The topological polar surface area (TPSA) is 42.4 Å². The molecule has 0 aromatic carbocycles. The number of piperidine rings is 1. The lowest BCUT2D eigenvalue weighted by Gasteiger charge is -2.31. The van der Waals surface area contributed by atoms with Crippen LogP contribution in [0.15, 0.2) is 6.20 Å². The van der Waals surface area contributed by atoms with Crippen LogP contribution in [-0.2, 0) is 9.53 Å². The zero-order valence-electron chi connectivity index (χ0n) is 10.3. The van der Waals surface area contributed by atoms with Crippen molar-refractivity contribution in [3.05, 3.63) is 16.1 Å². The fourth-order valence-corrected chi connectivity index (χ4v) is 3.08. The van der Waals surface area contributed by atoms with E-state index in [9.17, 15) is 4.79 Å². The van der Waals surface area contributed by atoms with Gasteiger partial charge in [-0.25, -0.2) is 4.98 Å². The van der Waals surface area contributed by atoms with Gasteiger partial charge in [-0.15, -0.1) is 11.3 Å². The predicted molar refractivity (Wildman–Crippen MR) is 67.3 cm³/mol. The molecule has 0 N–H and O–H groups in total. The first-order chi connectivity index (χ1) is 8.20. The highest BCUT2D eigenvalue weighted by Crippen LogP contribution is 2.29. The van der Waals surface area contributed by atoms with E-state index in [1.165, 1.54) is 4.88 Å². The Kier molecular flexibility index (Phi) is 4.12. The highest BCUT2D eigenvalue weighted by atomic mass is 32.1. The van der Waals surface area contributed by atoms with Crippen molar-refractivity contribution in [1.82, 2.24) is 9.88 Å². The Morgan fingerprint density at radius 3 is 3.18 bits per heavy atom. The standard InChI is InChI=1S/C12H18N2O2S/c1-9-6-13-12(17-9)10-4-3-5-14(7-10)11(15)8-16-2/h6,10H,3-5,7-8H2,1-2H3. The second-order valence-electron chi connectivity index (χ2n) is 4.42. The van der Waals surface area contributed by atoms with E-state index in [-0.39, 0.29) is 12.5 Å². The average molecular weight is 254 g/mol. The van der Waals surface area contributed by atoms with Crippen molar-refractivity contribution < 1.29 is 9.53 Å². The molecule has 4 nitrogen and oxygen atoms in total. The Balaban J connectivity index is 1.99. The molecule has 2 rings (SSSR count). The third-order valence-corrected chi connectivity index (χ3v) is 4.11. The summed E-state index contributed by atoms with van der Waals surface area (Å²) in [5.74, 6) is 0.494. The van der Waals surface area contributed by atoms with Crippen LogP contribution in [0, 0.1) is 6.92 Å². The molecule has 0 spiro atoms. The molecular weight excluding hydrogens is 236 g/mol. The van der Waals surface area contributed by atoms with Crippen molar-refractivity contribution in [1.29, 1.82) is 0 Å². The minimum atomic E-state index is 0.0884. The number of aryl methyl sites for hydroxylation is 1. The normalized spacial score (nSPS) is 20.6. The maximum absolute atomic E-state index is 11.8. The largest absolute Gasteiger partial charge is 0.375 e. The first-order valence-corrected chi connectivity index (χ1v) is 6.71. The zero-order chi connectivity index (χ0) is 12.3. The van der Waals surface area contributed by atoms with Crippen LogP contribution in [-0.4, -0.2) is 42.6 Å². The van der Waals surface area contributed by atoms with Crippen LogP contribution < -0.4 is 0 Å². The number of carbonyl (C=O) groups excluding carboxylic acids is 1. The SMILES string of the molecule is COCC(=O)N1CCCC(c2ncc(C)s2)C1. The average Bonchev–Trinajstić information content (AvgIpc) is 2.76. The molecule has 0 radical (unpaired) electrons. The van der Waals surface area contributed by atoms with E-state index in [1.807, 2.05) is 11.1 Å². The Labute approximate surface area is 106 Å². The van der Waals surface area contributed by atoms with Crippen LogP contribution in [0.5, 0.6) is 0 Å². The summed E-state index contributed by atoms with van der Waals surface area (Å²) in [6, 6.07) is 0. The molecule has 1 aromatic rings. The van der Waals surface area contributed by atoms with Gasteiger partial charge in [-0.05, 0) is 19.8 Å². The Morgan fingerprint density at radius 2 is 2.53 bits per heavy atom.